The van der Waals surface area contributed by atoms with E-state index in [1.54, 1.807) is 26.6 Å². The van der Waals surface area contributed by atoms with Crippen molar-refractivity contribution in [3.8, 4) is 22.6 Å². The molecule has 0 saturated carbocycles. The van der Waals surface area contributed by atoms with E-state index in [0.717, 1.165) is 71.5 Å². The molecule has 0 aliphatic rings. The van der Waals surface area contributed by atoms with E-state index in [4.69, 9.17) is 13.9 Å². The normalized spacial score (nSPS) is 12.7. The Morgan fingerprint density at radius 1 is 1.11 bits per heavy atom. The summed E-state index contributed by atoms with van der Waals surface area (Å²) in [6.45, 7) is 11.5. The number of hydrogen-bond donors (Lipinski definition) is 1. The number of methoxy groups -OCH3 is 2. The first-order valence-corrected chi connectivity index (χ1v) is 12.3. The molecule has 0 fully saturated rings. The summed E-state index contributed by atoms with van der Waals surface area (Å²) >= 11 is 0. The number of hydrogen-bond acceptors (Lipinski definition) is 5. The van der Waals surface area contributed by atoms with Gasteiger partial charge in [-0.2, -0.15) is 0 Å². The van der Waals surface area contributed by atoms with E-state index in [1.165, 1.54) is 0 Å². The molecule has 188 valence electrons. The maximum atomic E-state index is 12.7. The van der Waals surface area contributed by atoms with Crippen molar-refractivity contribution >= 4 is 22.4 Å². The first kappa shape index (κ1) is 26.4. The molecule has 0 aliphatic carbocycles. The lowest BCUT2D eigenvalue weighted by Crippen LogP contribution is -2.32. The summed E-state index contributed by atoms with van der Waals surface area (Å²) in [4.78, 5) is 15.1. The summed E-state index contributed by atoms with van der Waals surface area (Å²) in [5.41, 5.74) is 4.43. The summed E-state index contributed by atoms with van der Waals surface area (Å²) in [6.07, 6.45) is 5.41. The van der Waals surface area contributed by atoms with Crippen molar-refractivity contribution in [3.63, 3.8) is 0 Å². The van der Waals surface area contributed by atoms with Gasteiger partial charge in [-0.3, -0.25) is 4.79 Å². The van der Waals surface area contributed by atoms with E-state index >= 15 is 0 Å². The van der Waals surface area contributed by atoms with Gasteiger partial charge >= 0.3 is 0 Å². The Hall–Kier alpha value is -3.25. The monoisotopic (exact) mass is 478 g/mol. The lowest BCUT2D eigenvalue weighted by atomic mass is 9.99. The van der Waals surface area contributed by atoms with Crippen molar-refractivity contribution < 1.29 is 18.7 Å². The van der Waals surface area contributed by atoms with Crippen molar-refractivity contribution in [1.29, 1.82) is 0 Å². The van der Waals surface area contributed by atoms with Crippen molar-refractivity contribution in [2.45, 2.75) is 46.6 Å². The smallest absolute Gasteiger partial charge is 0.244 e. The minimum atomic E-state index is -0.0949. The van der Waals surface area contributed by atoms with Gasteiger partial charge in [0.15, 0.2) is 0 Å². The third kappa shape index (κ3) is 6.67. The van der Waals surface area contributed by atoms with Gasteiger partial charge in [-0.25, -0.2) is 0 Å². The highest BCUT2D eigenvalue weighted by molar-refractivity contribution is 6.00. The van der Waals surface area contributed by atoms with Crippen LogP contribution in [0.25, 0.3) is 27.7 Å². The molecular weight excluding hydrogens is 440 g/mol. The highest BCUT2D eigenvalue weighted by Gasteiger charge is 2.15. The molecule has 1 amide bonds. The van der Waals surface area contributed by atoms with E-state index in [1.807, 2.05) is 43.3 Å². The van der Waals surface area contributed by atoms with Crippen LogP contribution in [0.3, 0.4) is 0 Å². The summed E-state index contributed by atoms with van der Waals surface area (Å²) in [5.74, 6) is 1.38. The second-order valence-electron chi connectivity index (χ2n) is 8.83. The average molecular weight is 479 g/mol. The molecule has 1 aromatic heterocycles. The molecule has 1 unspecified atom stereocenters. The summed E-state index contributed by atoms with van der Waals surface area (Å²) in [6, 6.07) is 11.9. The van der Waals surface area contributed by atoms with Gasteiger partial charge in [0.2, 0.25) is 5.91 Å². The topological polar surface area (TPSA) is 63.9 Å². The summed E-state index contributed by atoms with van der Waals surface area (Å²) in [7, 11) is 3.28. The number of allylic oxidation sites excluding steroid dienone is 1. The number of rotatable bonds is 12. The number of nitrogens with zero attached hydrogens (tertiary/aromatic N) is 1. The number of fused-ring (bicyclic) bond motifs is 1. The number of ether oxygens (including phenoxy) is 2. The minimum Gasteiger partial charge on any atom is -0.497 e. The van der Waals surface area contributed by atoms with Gasteiger partial charge < -0.3 is 24.1 Å². The Bertz CT molecular complexity index is 1140. The fourth-order valence-electron chi connectivity index (χ4n) is 4.32. The number of carbonyl (C=O) groups is 1. The lowest BCUT2D eigenvalue weighted by molar-refractivity contribution is -0.117. The van der Waals surface area contributed by atoms with Gasteiger partial charge in [0.05, 0.1) is 20.5 Å². The third-order valence-electron chi connectivity index (χ3n) is 6.46. The zero-order valence-corrected chi connectivity index (χ0v) is 21.8. The molecule has 6 heteroatoms. The molecule has 35 heavy (non-hydrogen) atoms. The average Bonchev–Trinajstić information content (AvgIpc) is 3.28. The minimum absolute atomic E-state index is 0.0949. The second-order valence-corrected chi connectivity index (χ2v) is 8.83. The van der Waals surface area contributed by atoms with Crippen LogP contribution in [0.5, 0.6) is 11.5 Å². The molecule has 1 atom stereocenters. The molecule has 0 aliphatic heterocycles. The largest absolute Gasteiger partial charge is 0.497 e. The predicted octanol–water partition coefficient (Wildman–Crippen LogP) is 6.15. The van der Waals surface area contributed by atoms with E-state index in [2.05, 4.69) is 31.0 Å². The van der Waals surface area contributed by atoms with Crippen LogP contribution in [0, 0.1) is 0 Å². The predicted molar refractivity (Wildman–Crippen MR) is 143 cm³/mol. The molecule has 6 nitrogen and oxygen atoms in total. The lowest BCUT2D eigenvalue weighted by Gasteiger charge is -2.19. The number of furan rings is 1. The zero-order chi connectivity index (χ0) is 25.4. The van der Waals surface area contributed by atoms with Crippen molar-refractivity contribution in [1.82, 2.24) is 10.2 Å². The van der Waals surface area contributed by atoms with Crippen molar-refractivity contribution in [2.24, 2.45) is 0 Å². The van der Waals surface area contributed by atoms with Crippen LogP contribution in [-0.4, -0.2) is 50.7 Å². The van der Waals surface area contributed by atoms with E-state index in [-0.39, 0.29) is 11.9 Å². The molecular formula is C29H38N2O4. The van der Waals surface area contributed by atoms with Crippen LogP contribution in [0.2, 0.25) is 0 Å². The highest BCUT2D eigenvalue weighted by Crippen LogP contribution is 2.37. The van der Waals surface area contributed by atoms with Crippen LogP contribution in [-0.2, 0) is 4.79 Å². The van der Waals surface area contributed by atoms with Crippen LogP contribution in [0.15, 0.2) is 53.2 Å². The SMILES string of the molecule is CCN(CC)CCCC(C)NC(=O)/C=C(\C)c1cc2c(-c3ccc(OC)cc3)coc2cc1OC. The first-order chi connectivity index (χ1) is 16.9. The first-order valence-electron chi connectivity index (χ1n) is 12.3. The van der Waals surface area contributed by atoms with Crippen LogP contribution >= 0.6 is 0 Å². The highest BCUT2D eigenvalue weighted by atomic mass is 16.5. The summed E-state index contributed by atoms with van der Waals surface area (Å²) in [5, 5.41) is 4.06. The summed E-state index contributed by atoms with van der Waals surface area (Å²) < 4.78 is 16.7. The van der Waals surface area contributed by atoms with Crippen molar-refractivity contribution in [3.05, 3.63) is 54.3 Å². The van der Waals surface area contributed by atoms with Gasteiger partial charge in [0.1, 0.15) is 17.1 Å². The number of amides is 1. The molecule has 0 spiro atoms. The van der Waals surface area contributed by atoms with Gasteiger partial charge in [-0.15, -0.1) is 0 Å². The second kappa shape index (κ2) is 12.5. The van der Waals surface area contributed by atoms with Gasteiger partial charge in [-0.1, -0.05) is 26.0 Å². The fourth-order valence-corrected chi connectivity index (χ4v) is 4.32. The number of nitrogens with one attached hydrogen (secondary N) is 1. The molecule has 1 heterocycles. The van der Waals surface area contributed by atoms with E-state index < -0.39 is 0 Å². The van der Waals surface area contributed by atoms with Crippen molar-refractivity contribution in [2.75, 3.05) is 33.9 Å². The Morgan fingerprint density at radius 2 is 1.83 bits per heavy atom. The zero-order valence-electron chi connectivity index (χ0n) is 21.8. The molecule has 0 radical (unpaired) electrons. The Balaban J connectivity index is 1.78. The maximum Gasteiger partial charge on any atom is 0.244 e. The molecule has 2 aromatic carbocycles. The van der Waals surface area contributed by atoms with Crippen LogP contribution < -0.4 is 14.8 Å². The van der Waals surface area contributed by atoms with E-state index in [9.17, 15) is 4.79 Å². The molecule has 3 rings (SSSR count). The Labute approximate surface area is 208 Å². The van der Waals surface area contributed by atoms with Crippen LogP contribution in [0.1, 0.15) is 46.1 Å². The molecule has 0 bridgehead atoms. The maximum absolute atomic E-state index is 12.7. The molecule has 3 aromatic rings. The molecule has 1 N–H and O–H groups in total. The molecule has 0 saturated heterocycles. The number of benzene rings is 2. The quantitative estimate of drug-likeness (QED) is 0.317. The third-order valence-corrected chi connectivity index (χ3v) is 6.46. The Kier molecular flexibility index (Phi) is 9.38. The number of carbonyl (C=O) groups excluding carboxylic acids is 1. The van der Waals surface area contributed by atoms with Gasteiger partial charge in [0, 0.05) is 34.7 Å². The van der Waals surface area contributed by atoms with Crippen LogP contribution in [0.4, 0.5) is 0 Å². The van der Waals surface area contributed by atoms with Gasteiger partial charge in [-0.05, 0) is 75.7 Å². The van der Waals surface area contributed by atoms with E-state index in [0.29, 0.717) is 5.75 Å². The fraction of sp³-hybridized carbons (Fsp3) is 0.414. The Morgan fingerprint density at radius 3 is 2.46 bits per heavy atom. The van der Waals surface area contributed by atoms with Gasteiger partial charge in [0.25, 0.3) is 0 Å². The standard InChI is InChI=1S/C29H38N2O4/c1-7-31(8-2)15-9-10-21(4)30-29(32)16-20(3)24-17-25-26(19-35-28(25)18-27(24)34-6)22-11-13-23(33-5)14-12-22/h11-14,16-19,21H,7-10,15H2,1-6H3,(H,30,32)/b20-16+.